The van der Waals surface area contributed by atoms with Crippen LogP contribution in [0.1, 0.15) is 11.6 Å². The lowest BCUT2D eigenvalue weighted by molar-refractivity contribution is -0.384. The van der Waals surface area contributed by atoms with Gasteiger partial charge in [0.05, 0.1) is 30.9 Å². The minimum absolute atomic E-state index is 0.135. The monoisotopic (exact) mass is 442 g/mol. The molecule has 0 amide bonds. The summed E-state index contributed by atoms with van der Waals surface area (Å²) in [6, 6.07) is 13.5. The van der Waals surface area contributed by atoms with Gasteiger partial charge in [0.15, 0.2) is 0 Å². The molecule has 1 atom stereocenters. The van der Waals surface area contributed by atoms with Crippen LogP contribution < -0.4 is 10.3 Å². The summed E-state index contributed by atoms with van der Waals surface area (Å²) in [5.74, 6) is -0.429. The van der Waals surface area contributed by atoms with Gasteiger partial charge in [-0.05, 0) is 17.7 Å². The lowest BCUT2D eigenvalue weighted by Crippen LogP contribution is -2.31. The van der Waals surface area contributed by atoms with E-state index in [2.05, 4.69) is 0 Å². The summed E-state index contributed by atoms with van der Waals surface area (Å²) < 4.78 is 11.5. The minimum atomic E-state index is -0.947. The number of methoxy groups -OCH3 is 2. The Morgan fingerprint density at radius 2 is 1.84 bits per heavy atom. The third-order valence-electron chi connectivity index (χ3n) is 4.79. The van der Waals surface area contributed by atoms with Gasteiger partial charge in [0.25, 0.3) is 11.2 Å². The topological polar surface area (TPSA) is 101 Å². The van der Waals surface area contributed by atoms with Crippen molar-refractivity contribution in [1.29, 1.82) is 0 Å². The van der Waals surface area contributed by atoms with Gasteiger partial charge >= 0.3 is 5.97 Å². The molecule has 1 heterocycles. The zero-order valence-corrected chi connectivity index (χ0v) is 17.5. The molecule has 3 aromatic rings. The molecule has 0 saturated carbocycles. The highest BCUT2D eigenvalue weighted by molar-refractivity contribution is 6.31. The predicted octanol–water partition coefficient (Wildman–Crippen LogP) is 4.04. The third kappa shape index (κ3) is 4.75. The van der Waals surface area contributed by atoms with Gasteiger partial charge < -0.3 is 9.47 Å². The average Bonchev–Trinajstić information content (AvgIpc) is 2.77. The molecule has 3 rings (SSSR count). The van der Waals surface area contributed by atoms with E-state index in [9.17, 15) is 19.7 Å². The van der Waals surface area contributed by atoms with Crippen LogP contribution in [0.3, 0.4) is 0 Å². The van der Waals surface area contributed by atoms with Crippen molar-refractivity contribution in [2.45, 2.75) is 12.5 Å². The number of nitro benzene ring substituents is 1. The van der Waals surface area contributed by atoms with Gasteiger partial charge in [-0.2, -0.15) is 0 Å². The largest absolute Gasteiger partial charge is 0.495 e. The van der Waals surface area contributed by atoms with Crippen molar-refractivity contribution in [3.05, 3.63) is 91.8 Å². The van der Waals surface area contributed by atoms with Crippen LogP contribution >= 0.6 is 11.6 Å². The molecular formula is C22H19ClN2O6. The SMILES string of the molecule is COC(=O)C(Cc1ccccc1)n1cc(OC)c(-c2cc(Cl)ccc2[N+](=O)[O-])cc1=O. The summed E-state index contributed by atoms with van der Waals surface area (Å²) in [5, 5.41) is 11.7. The Morgan fingerprint density at radius 1 is 1.13 bits per heavy atom. The number of carbonyl (C=O) groups is 1. The van der Waals surface area contributed by atoms with Crippen LogP contribution in [0.4, 0.5) is 5.69 Å². The fraction of sp³-hybridized carbons (Fsp3) is 0.182. The third-order valence-corrected chi connectivity index (χ3v) is 5.03. The Morgan fingerprint density at radius 3 is 2.45 bits per heavy atom. The summed E-state index contributed by atoms with van der Waals surface area (Å²) in [5.41, 5.74) is 0.390. The molecule has 0 fully saturated rings. The molecule has 0 aliphatic heterocycles. The second-order valence-corrected chi connectivity index (χ2v) is 7.08. The standard InChI is InChI=1S/C22H19ClN2O6/c1-30-20-13-24(19(22(27)31-2)10-14-6-4-3-5-7-14)21(26)12-17(20)16-11-15(23)8-9-18(16)25(28)29/h3-9,11-13,19H,10H2,1-2H3. The maximum absolute atomic E-state index is 13.0. The van der Waals surface area contributed by atoms with E-state index >= 15 is 0 Å². The fourth-order valence-electron chi connectivity index (χ4n) is 3.30. The predicted molar refractivity (Wildman–Crippen MR) is 116 cm³/mol. The van der Waals surface area contributed by atoms with Gasteiger partial charge in [0.1, 0.15) is 11.8 Å². The van der Waals surface area contributed by atoms with Crippen molar-refractivity contribution < 1.29 is 19.2 Å². The second-order valence-electron chi connectivity index (χ2n) is 6.65. The molecule has 160 valence electrons. The molecule has 2 aromatic carbocycles. The van der Waals surface area contributed by atoms with Gasteiger partial charge in [-0.15, -0.1) is 0 Å². The first-order valence-electron chi connectivity index (χ1n) is 9.22. The van der Waals surface area contributed by atoms with Crippen molar-refractivity contribution in [2.75, 3.05) is 14.2 Å². The van der Waals surface area contributed by atoms with Crippen molar-refractivity contribution in [3.63, 3.8) is 0 Å². The molecule has 8 nitrogen and oxygen atoms in total. The van der Waals surface area contributed by atoms with E-state index in [0.717, 1.165) is 5.56 Å². The highest BCUT2D eigenvalue weighted by atomic mass is 35.5. The van der Waals surface area contributed by atoms with E-state index < -0.39 is 22.5 Å². The van der Waals surface area contributed by atoms with Crippen LogP contribution in [-0.4, -0.2) is 29.7 Å². The quantitative estimate of drug-likeness (QED) is 0.311. The molecule has 9 heteroatoms. The number of aromatic nitrogens is 1. The van der Waals surface area contributed by atoms with E-state index in [0.29, 0.717) is 0 Å². The average molecular weight is 443 g/mol. The maximum atomic E-state index is 13.0. The van der Waals surface area contributed by atoms with Gasteiger partial charge in [0, 0.05) is 29.1 Å². The van der Waals surface area contributed by atoms with E-state index in [4.69, 9.17) is 21.1 Å². The zero-order chi connectivity index (χ0) is 22.5. The Bertz CT molecular complexity index is 1180. The molecular weight excluding hydrogens is 424 g/mol. The highest BCUT2D eigenvalue weighted by Gasteiger charge is 2.26. The van der Waals surface area contributed by atoms with Crippen LogP contribution in [-0.2, 0) is 16.0 Å². The summed E-state index contributed by atoms with van der Waals surface area (Å²) in [6.45, 7) is 0. The molecule has 0 spiro atoms. The van der Waals surface area contributed by atoms with E-state index in [1.807, 2.05) is 30.3 Å². The summed E-state index contributed by atoms with van der Waals surface area (Å²) in [4.78, 5) is 36.4. The van der Waals surface area contributed by atoms with Crippen LogP contribution in [0.5, 0.6) is 5.75 Å². The number of carbonyl (C=O) groups excluding carboxylic acids is 1. The second kappa shape index (κ2) is 9.44. The Hall–Kier alpha value is -3.65. The van der Waals surface area contributed by atoms with Gasteiger partial charge in [-0.25, -0.2) is 4.79 Å². The van der Waals surface area contributed by atoms with Crippen molar-refractivity contribution >= 4 is 23.3 Å². The molecule has 0 aliphatic carbocycles. The molecule has 0 bridgehead atoms. The number of rotatable bonds is 7. The molecule has 1 aromatic heterocycles. The highest BCUT2D eigenvalue weighted by Crippen LogP contribution is 2.37. The number of nitro groups is 1. The molecule has 31 heavy (non-hydrogen) atoms. The first-order chi connectivity index (χ1) is 14.8. The number of nitrogens with zero attached hydrogens (tertiary/aromatic N) is 2. The van der Waals surface area contributed by atoms with E-state index in [-0.39, 0.29) is 34.0 Å². The normalized spacial score (nSPS) is 11.6. The molecule has 0 radical (unpaired) electrons. The smallest absolute Gasteiger partial charge is 0.329 e. The number of ether oxygens (including phenoxy) is 2. The van der Waals surface area contributed by atoms with Crippen LogP contribution in [0, 0.1) is 10.1 Å². The van der Waals surface area contributed by atoms with Crippen LogP contribution in [0.25, 0.3) is 11.1 Å². The number of hydrogen-bond donors (Lipinski definition) is 0. The Balaban J connectivity index is 2.16. The zero-order valence-electron chi connectivity index (χ0n) is 16.8. The van der Waals surface area contributed by atoms with Crippen molar-refractivity contribution in [3.8, 4) is 16.9 Å². The number of pyridine rings is 1. The molecule has 1 unspecified atom stereocenters. The molecule has 0 saturated heterocycles. The van der Waals surface area contributed by atoms with Gasteiger partial charge in [0.2, 0.25) is 0 Å². The Labute approximate surface area is 182 Å². The van der Waals surface area contributed by atoms with E-state index in [1.54, 1.807) is 0 Å². The number of esters is 1. The summed E-state index contributed by atoms with van der Waals surface area (Å²) in [6.07, 6.45) is 1.57. The number of benzene rings is 2. The lowest BCUT2D eigenvalue weighted by Gasteiger charge is -2.20. The fourth-order valence-corrected chi connectivity index (χ4v) is 3.47. The summed E-state index contributed by atoms with van der Waals surface area (Å²) >= 11 is 6.03. The first-order valence-corrected chi connectivity index (χ1v) is 9.59. The Kier molecular flexibility index (Phi) is 6.71. The summed E-state index contributed by atoms with van der Waals surface area (Å²) in [7, 11) is 2.61. The molecule has 0 N–H and O–H groups in total. The van der Waals surface area contributed by atoms with Crippen molar-refractivity contribution in [1.82, 2.24) is 4.57 Å². The van der Waals surface area contributed by atoms with E-state index in [1.165, 1.54) is 49.2 Å². The number of halogens is 1. The molecule has 0 aliphatic rings. The number of hydrogen-bond acceptors (Lipinski definition) is 6. The lowest BCUT2D eigenvalue weighted by atomic mass is 10.0. The van der Waals surface area contributed by atoms with Crippen LogP contribution in [0.2, 0.25) is 5.02 Å². The van der Waals surface area contributed by atoms with Crippen molar-refractivity contribution in [2.24, 2.45) is 0 Å². The maximum Gasteiger partial charge on any atom is 0.329 e. The van der Waals surface area contributed by atoms with Crippen LogP contribution in [0.15, 0.2) is 65.6 Å². The van der Waals surface area contributed by atoms with Gasteiger partial charge in [-0.3, -0.25) is 19.5 Å². The van der Waals surface area contributed by atoms with Gasteiger partial charge in [-0.1, -0.05) is 41.9 Å². The minimum Gasteiger partial charge on any atom is -0.495 e. The first kappa shape index (κ1) is 22.0.